The van der Waals surface area contributed by atoms with Crippen molar-refractivity contribution in [1.82, 2.24) is 0 Å². The van der Waals surface area contributed by atoms with Crippen LogP contribution in [0.5, 0.6) is 0 Å². The van der Waals surface area contributed by atoms with Gasteiger partial charge in [-0.05, 0) is 12.3 Å². The van der Waals surface area contributed by atoms with Gasteiger partial charge < -0.3 is 0 Å². The zero-order valence-electron chi connectivity index (χ0n) is 7.92. The monoisotopic (exact) mass is 255 g/mol. The molecule has 0 amide bonds. The maximum atomic E-state index is 11.4. The van der Waals surface area contributed by atoms with Gasteiger partial charge in [-0.3, -0.25) is 0 Å². The summed E-state index contributed by atoms with van der Waals surface area (Å²) < 4.78 is 22.3. The van der Waals surface area contributed by atoms with Crippen LogP contribution in [0, 0.1) is 17.2 Å². The van der Waals surface area contributed by atoms with Gasteiger partial charge in [-0.2, -0.15) is 5.26 Å². The number of halogens is 2. The Kier molecular flexibility index (Phi) is 5.50. The van der Waals surface area contributed by atoms with Gasteiger partial charge in [-0.15, -0.1) is 0 Å². The predicted molar refractivity (Wildman–Crippen MR) is 57.6 cm³/mol. The fraction of sp³-hybridized carbons (Fsp3) is 0.625. The third-order valence-corrected chi connectivity index (χ3v) is 4.41. The molecule has 0 saturated carbocycles. The molecule has 0 radical (unpaired) electrons. The highest BCUT2D eigenvalue weighted by Gasteiger charge is 2.19. The number of rotatable bonds is 4. The van der Waals surface area contributed by atoms with Gasteiger partial charge in [0.25, 0.3) is 0 Å². The number of nitriles is 1. The Bertz CT molecular complexity index is 365. The van der Waals surface area contributed by atoms with Crippen molar-refractivity contribution in [3.8, 4) is 6.07 Å². The van der Waals surface area contributed by atoms with Gasteiger partial charge in [-0.1, -0.05) is 37.0 Å². The van der Waals surface area contributed by atoms with Gasteiger partial charge in [0.1, 0.15) is 11.1 Å². The zero-order valence-corrected chi connectivity index (χ0v) is 10.2. The molecule has 0 spiro atoms. The fourth-order valence-corrected chi connectivity index (χ4v) is 2.57. The molecule has 14 heavy (non-hydrogen) atoms. The number of hydrogen-bond donors (Lipinski definition) is 0. The van der Waals surface area contributed by atoms with Gasteiger partial charge in [0.15, 0.2) is 14.2 Å². The average molecular weight is 256 g/mol. The van der Waals surface area contributed by atoms with Crippen LogP contribution in [0.4, 0.5) is 0 Å². The molecule has 0 N–H and O–H groups in total. The first-order valence-corrected chi connectivity index (χ1v) is 6.40. The molecule has 0 aromatic carbocycles. The van der Waals surface area contributed by atoms with E-state index in [0.29, 0.717) is 6.42 Å². The van der Waals surface area contributed by atoms with Crippen molar-refractivity contribution < 1.29 is 8.42 Å². The maximum absolute atomic E-state index is 11.4. The summed E-state index contributed by atoms with van der Waals surface area (Å²) in [4.78, 5) is 0. The average Bonchev–Trinajstić information content (AvgIpc) is 2.12. The molecule has 6 heteroatoms. The maximum Gasteiger partial charge on any atom is 0.191 e. The summed E-state index contributed by atoms with van der Waals surface area (Å²) in [5, 5.41) is 7.88. The molecule has 0 aliphatic rings. The Hall–Kier alpha value is -0.240. The summed E-state index contributed by atoms with van der Waals surface area (Å²) in [5.41, 5.74) is 0. The van der Waals surface area contributed by atoms with Crippen LogP contribution >= 0.6 is 23.2 Å². The Morgan fingerprint density at radius 1 is 1.43 bits per heavy atom. The molecule has 0 saturated heterocycles. The SMILES string of the molecule is CC(C)CCS(=O)(=O)C(Cl)=C(Cl)C#N. The van der Waals surface area contributed by atoms with Crippen molar-refractivity contribution in [2.75, 3.05) is 5.75 Å². The first kappa shape index (κ1) is 13.8. The van der Waals surface area contributed by atoms with Crippen molar-refractivity contribution in [1.29, 1.82) is 5.26 Å². The number of nitrogens with zero attached hydrogens (tertiary/aromatic N) is 1. The largest absolute Gasteiger partial charge is 0.223 e. The Labute approximate surface area is 94.2 Å². The molecule has 0 rings (SSSR count). The molecule has 0 aromatic rings. The molecule has 3 nitrogen and oxygen atoms in total. The van der Waals surface area contributed by atoms with Gasteiger partial charge in [0.2, 0.25) is 0 Å². The van der Waals surface area contributed by atoms with Gasteiger partial charge in [0.05, 0.1) is 5.75 Å². The second-order valence-corrected chi connectivity index (χ2v) is 6.23. The van der Waals surface area contributed by atoms with Crippen molar-refractivity contribution in [3.63, 3.8) is 0 Å². The van der Waals surface area contributed by atoms with Crippen LogP contribution in [-0.2, 0) is 9.84 Å². The lowest BCUT2D eigenvalue weighted by Gasteiger charge is -2.04. The summed E-state index contributed by atoms with van der Waals surface area (Å²) in [6.07, 6.45) is 0.494. The van der Waals surface area contributed by atoms with Crippen molar-refractivity contribution in [2.45, 2.75) is 20.3 Å². The Balaban J connectivity index is 4.75. The Morgan fingerprint density at radius 2 is 1.93 bits per heavy atom. The smallest absolute Gasteiger partial charge is 0.191 e. The minimum Gasteiger partial charge on any atom is -0.223 e. The van der Waals surface area contributed by atoms with Crippen LogP contribution in [-0.4, -0.2) is 14.2 Å². The second kappa shape index (κ2) is 5.59. The second-order valence-electron chi connectivity index (χ2n) is 3.20. The van der Waals surface area contributed by atoms with E-state index in [0.717, 1.165) is 0 Å². The van der Waals surface area contributed by atoms with Crippen LogP contribution in [0.1, 0.15) is 20.3 Å². The molecule has 0 unspecified atom stereocenters. The van der Waals surface area contributed by atoms with Crippen LogP contribution in [0.2, 0.25) is 0 Å². The predicted octanol–water partition coefficient (Wildman–Crippen LogP) is 2.62. The summed E-state index contributed by atoms with van der Waals surface area (Å²) >= 11 is 10.8. The molecule has 0 aliphatic carbocycles. The van der Waals surface area contributed by atoms with Crippen LogP contribution in [0.15, 0.2) is 9.40 Å². The molecule has 0 aliphatic heterocycles. The van der Waals surface area contributed by atoms with Crippen molar-refractivity contribution >= 4 is 33.0 Å². The third-order valence-electron chi connectivity index (χ3n) is 1.51. The summed E-state index contributed by atoms with van der Waals surface area (Å²) in [7, 11) is -3.58. The molecule has 0 bridgehead atoms. The molecule has 0 fully saturated rings. The minimum absolute atomic E-state index is 0.0819. The molecule has 0 aromatic heterocycles. The minimum atomic E-state index is -3.58. The van der Waals surface area contributed by atoms with Crippen LogP contribution in [0.3, 0.4) is 0 Å². The van der Waals surface area contributed by atoms with Crippen molar-refractivity contribution in [2.24, 2.45) is 5.92 Å². The number of sulfone groups is 1. The van der Waals surface area contributed by atoms with Gasteiger partial charge in [0, 0.05) is 0 Å². The number of allylic oxidation sites excluding steroid dienone is 1. The quantitative estimate of drug-likeness (QED) is 0.726. The van der Waals surface area contributed by atoms with Gasteiger partial charge >= 0.3 is 0 Å². The van der Waals surface area contributed by atoms with E-state index >= 15 is 0 Å². The topological polar surface area (TPSA) is 57.9 Å². The van der Waals surface area contributed by atoms with Crippen LogP contribution < -0.4 is 0 Å². The fourth-order valence-electron chi connectivity index (χ4n) is 0.661. The summed E-state index contributed by atoms with van der Waals surface area (Å²) in [5.74, 6) is 0.177. The highest BCUT2D eigenvalue weighted by molar-refractivity contribution is 7.96. The van der Waals surface area contributed by atoms with E-state index in [1.807, 2.05) is 13.8 Å². The highest BCUT2D eigenvalue weighted by atomic mass is 35.5. The first-order chi connectivity index (χ1) is 6.31. The standard InChI is InChI=1S/C8H11Cl2NO2S/c1-6(2)3-4-14(12,13)8(10)7(9)5-11/h6H,3-4H2,1-2H3. The normalized spacial score (nSPS) is 13.7. The van der Waals surface area contributed by atoms with E-state index in [9.17, 15) is 8.42 Å². The Morgan fingerprint density at radius 3 is 2.29 bits per heavy atom. The molecular weight excluding hydrogens is 245 g/mol. The van der Waals surface area contributed by atoms with E-state index in [1.165, 1.54) is 6.07 Å². The van der Waals surface area contributed by atoms with E-state index in [2.05, 4.69) is 0 Å². The van der Waals surface area contributed by atoms with E-state index < -0.39 is 19.2 Å². The highest BCUT2D eigenvalue weighted by Crippen LogP contribution is 2.21. The first-order valence-electron chi connectivity index (χ1n) is 3.99. The summed E-state index contributed by atoms with van der Waals surface area (Å²) in [6.45, 7) is 3.80. The van der Waals surface area contributed by atoms with E-state index in [4.69, 9.17) is 28.5 Å². The molecular formula is C8H11Cl2NO2S. The van der Waals surface area contributed by atoms with E-state index in [-0.39, 0.29) is 11.7 Å². The van der Waals surface area contributed by atoms with Crippen molar-refractivity contribution in [3.05, 3.63) is 9.40 Å². The van der Waals surface area contributed by atoms with Gasteiger partial charge in [-0.25, -0.2) is 8.42 Å². The molecule has 0 heterocycles. The lowest BCUT2D eigenvalue weighted by molar-refractivity contribution is 0.580. The summed E-state index contributed by atoms with van der Waals surface area (Å²) in [6, 6.07) is 1.49. The molecule has 80 valence electrons. The van der Waals surface area contributed by atoms with Crippen LogP contribution in [0.25, 0.3) is 0 Å². The zero-order chi connectivity index (χ0) is 11.4. The number of hydrogen-bond acceptors (Lipinski definition) is 3. The lowest BCUT2D eigenvalue weighted by Crippen LogP contribution is -2.09. The lowest BCUT2D eigenvalue weighted by atomic mass is 10.2. The molecule has 0 atom stereocenters. The van der Waals surface area contributed by atoms with E-state index in [1.54, 1.807) is 0 Å². The third kappa shape index (κ3) is 4.32.